The fraction of sp³-hybridized carbons (Fsp3) is 0.286. The number of rotatable bonds is 6. The van der Waals surface area contributed by atoms with Crippen molar-refractivity contribution in [2.75, 3.05) is 6.61 Å². The topological polar surface area (TPSA) is 68.5 Å². The Morgan fingerprint density at radius 1 is 1.28 bits per heavy atom. The van der Waals surface area contributed by atoms with Gasteiger partial charge in [0, 0.05) is 28.6 Å². The van der Waals surface area contributed by atoms with Crippen LogP contribution in [0.4, 0.5) is 4.39 Å². The van der Waals surface area contributed by atoms with Gasteiger partial charge in [0.1, 0.15) is 17.6 Å². The number of hydrogen-bond acceptors (Lipinski definition) is 5. The number of halogens is 2. The number of likely N-dealkylation sites (tertiary alicyclic amines) is 1. The zero-order chi connectivity index (χ0) is 20.4. The number of amides is 1. The van der Waals surface area contributed by atoms with Gasteiger partial charge in [0.25, 0.3) is 0 Å². The molecule has 1 aliphatic rings. The highest BCUT2D eigenvalue weighted by Crippen LogP contribution is 2.34. The van der Waals surface area contributed by atoms with Crippen LogP contribution in [0.25, 0.3) is 11.4 Å². The minimum absolute atomic E-state index is 0.0573. The van der Waals surface area contributed by atoms with E-state index in [0.717, 1.165) is 11.3 Å². The van der Waals surface area contributed by atoms with E-state index in [-0.39, 0.29) is 24.3 Å². The van der Waals surface area contributed by atoms with E-state index in [1.807, 2.05) is 31.2 Å². The number of carbonyl (C=O) groups is 1. The van der Waals surface area contributed by atoms with Crippen molar-refractivity contribution in [3.05, 3.63) is 64.2 Å². The Hall–Kier alpha value is -2.74. The standard InChI is InChI=1S/C21H19BrFN3O3/c1-2-28-16-7-4-13(5-8-16)20-24-21(29-25-20)18-9-10-19(27)26(18)12-14-3-6-15(22)11-17(14)23/h3-8,11,18H,2,9-10,12H2,1H3. The lowest BCUT2D eigenvalue weighted by atomic mass is 10.1. The average molecular weight is 460 g/mol. The molecule has 1 aromatic heterocycles. The molecule has 0 saturated carbocycles. The van der Waals surface area contributed by atoms with Gasteiger partial charge < -0.3 is 14.2 Å². The van der Waals surface area contributed by atoms with Gasteiger partial charge in [0.05, 0.1) is 6.61 Å². The maximum atomic E-state index is 14.2. The van der Waals surface area contributed by atoms with E-state index < -0.39 is 0 Å². The summed E-state index contributed by atoms with van der Waals surface area (Å²) in [5.41, 5.74) is 1.23. The Bertz CT molecular complexity index is 1020. The molecule has 6 nitrogen and oxygen atoms in total. The van der Waals surface area contributed by atoms with E-state index in [0.29, 0.717) is 41.2 Å². The monoisotopic (exact) mass is 459 g/mol. The Morgan fingerprint density at radius 2 is 2.07 bits per heavy atom. The van der Waals surface area contributed by atoms with Crippen LogP contribution in [0, 0.1) is 5.82 Å². The predicted molar refractivity (Wildman–Crippen MR) is 108 cm³/mol. The highest BCUT2D eigenvalue weighted by molar-refractivity contribution is 9.10. The summed E-state index contributed by atoms with van der Waals surface area (Å²) in [4.78, 5) is 18.5. The van der Waals surface area contributed by atoms with Gasteiger partial charge >= 0.3 is 0 Å². The summed E-state index contributed by atoms with van der Waals surface area (Å²) >= 11 is 3.25. The highest BCUT2D eigenvalue weighted by Gasteiger charge is 2.36. The van der Waals surface area contributed by atoms with E-state index in [1.54, 1.807) is 17.0 Å². The van der Waals surface area contributed by atoms with E-state index >= 15 is 0 Å². The largest absolute Gasteiger partial charge is 0.494 e. The molecule has 29 heavy (non-hydrogen) atoms. The first-order chi connectivity index (χ1) is 14.0. The molecular formula is C21H19BrFN3O3. The summed E-state index contributed by atoms with van der Waals surface area (Å²) in [6.07, 6.45) is 0.922. The summed E-state index contributed by atoms with van der Waals surface area (Å²) in [6.45, 7) is 2.67. The molecule has 2 aromatic carbocycles. The van der Waals surface area contributed by atoms with Crippen molar-refractivity contribution in [2.24, 2.45) is 0 Å². The molecule has 1 amide bonds. The third-order valence-corrected chi connectivity index (χ3v) is 5.33. The van der Waals surface area contributed by atoms with Gasteiger partial charge in [-0.3, -0.25) is 4.79 Å². The molecule has 4 rings (SSSR count). The van der Waals surface area contributed by atoms with E-state index in [4.69, 9.17) is 9.26 Å². The number of aromatic nitrogens is 2. The minimum atomic E-state index is -0.366. The quantitative estimate of drug-likeness (QED) is 0.524. The van der Waals surface area contributed by atoms with Crippen LogP contribution in [-0.4, -0.2) is 27.6 Å². The molecule has 3 aromatic rings. The van der Waals surface area contributed by atoms with Gasteiger partial charge in [-0.1, -0.05) is 27.2 Å². The summed E-state index contributed by atoms with van der Waals surface area (Å²) in [7, 11) is 0. The van der Waals surface area contributed by atoms with Gasteiger partial charge in [-0.05, 0) is 49.7 Å². The lowest BCUT2D eigenvalue weighted by Gasteiger charge is -2.22. The first kappa shape index (κ1) is 19.6. The molecule has 8 heteroatoms. The van der Waals surface area contributed by atoms with Crippen LogP contribution in [0.1, 0.15) is 37.3 Å². The molecule has 1 saturated heterocycles. The maximum Gasteiger partial charge on any atom is 0.249 e. The van der Waals surface area contributed by atoms with Crippen LogP contribution in [0.15, 0.2) is 51.5 Å². The second-order valence-electron chi connectivity index (χ2n) is 6.73. The zero-order valence-electron chi connectivity index (χ0n) is 15.8. The van der Waals surface area contributed by atoms with Gasteiger partial charge in [0.2, 0.25) is 17.6 Å². The van der Waals surface area contributed by atoms with Crippen LogP contribution in [0.5, 0.6) is 5.75 Å². The molecule has 1 aliphatic heterocycles. The number of hydrogen-bond donors (Lipinski definition) is 0. The molecule has 0 radical (unpaired) electrons. The highest BCUT2D eigenvalue weighted by atomic mass is 79.9. The van der Waals surface area contributed by atoms with Crippen LogP contribution >= 0.6 is 15.9 Å². The van der Waals surface area contributed by atoms with E-state index in [9.17, 15) is 9.18 Å². The van der Waals surface area contributed by atoms with Crippen LogP contribution < -0.4 is 4.74 Å². The van der Waals surface area contributed by atoms with E-state index in [2.05, 4.69) is 26.1 Å². The number of ether oxygens (including phenoxy) is 1. The van der Waals surface area contributed by atoms with Gasteiger partial charge in [-0.25, -0.2) is 4.39 Å². The second-order valence-corrected chi connectivity index (χ2v) is 7.64. The van der Waals surface area contributed by atoms with Crippen LogP contribution in [-0.2, 0) is 11.3 Å². The summed E-state index contributed by atoms with van der Waals surface area (Å²) in [6, 6.07) is 11.8. The Balaban J connectivity index is 1.55. The normalized spacial score (nSPS) is 16.4. The lowest BCUT2D eigenvalue weighted by Crippen LogP contribution is -2.27. The third-order valence-electron chi connectivity index (χ3n) is 4.83. The second kappa shape index (κ2) is 8.32. The SMILES string of the molecule is CCOc1ccc(-c2noc(C3CCC(=O)N3Cc3ccc(Br)cc3F)n2)cc1. The third kappa shape index (κ3) is 4.17. The maximum absolute atomic E-state index is 14.2. The molecule has 2 heterocycles. The molecule has 0 N–H and O–H groups in total. The van der Waals surface area contributed by atoms with Crippen molar-refractivity contribution >= 4 is 21.8 Å². The molecule has 0 spiro atoms. The van der Waals surface area contributed by atoms with Crippen LogP contribution in [0.3, 0.4) is 0 Å². The first-order valence-electron chi connectivity index (χ1n) is 9.35. The van der Waals surface area contributed by atoms with Gasteiger partial charge in [0.15, 0.2) is 0 Å². The molecule has 0 aliphatic carbocycles. The summed E-state index contributed by atoms with van der Waals surface area (Å²) in [5, 5.41) is 4.06. The lowest BCUT2D eigenvalue weighted by molar-refractivity contribution is -0.130. The van der Waals surface area contributed by atoms with Crippen molar-refractivity contribution in [3.8, 4) is 17.1 Å². The molecule has 1 unspecified atom stereocenters. The van der Waals surface area contributed by atoms with Crippen LogP contribution in [0.2, 0.25) is 0 Å². The fourth-order valence-electron chi connectivity index (χ4n) is 3.38. The molecular weight excluding hydrogens is 441 g/mol. The van der Waals surface area contributed by atoms with E-state index in [1.165, 1.54) is 6.07 Å². The minimum Gasteiger partial charge on any atom is -0.494 e. The van der Waals surface area contributed by atoms with Gasteiger partial charge in [-0.15, -0.1) is 0 Å². The summed E-state index contributed by atoms with van der Waals surface area (Å²) in [5.74, 6) is 1.15. The van der Waals surface area contributed by atoms with Crippen molar-refractivity contribution < 1.29 is 18.4 Å². The zero-order valence-corrected chi connectivity index (χ0v) is 17.4. The molecule has 1 fully saturated rings. The van der Waals surface area contributed by atoms with Crippen molar-refractivity contribution in [3.63, 3.8) is 0 Å². The molecule has 150 valence electrons. The fourth-order valence-corrected chi connectivity index (χ4v) is 3.71. The van der Waals surface area contributed by atoms with Gasteiger partial charge in [-0.2, -0.15) is 4.98 Å². The molecule has 0 bridgehead atoms. The first-order valence-corrected chi connectivity index (χ1v) is 10.1. The predicted octanol–water partition coefficient (Wildman–Crippen LogP) is 4.90. The smallest absolute Gasteiger partial charge is 0.249 e. The van der Waals surface area contributed by atoms with Crippen molar-refractivity contribution in [1.29, 1.82) is 0 Å². The molecule has 1 atom stereocenters. The van der Waals surface area contributed by atoms with Crippen molar-refractivity contribution in [2.45, 2.75) is 32.4 Å². The summed E-state index contributed by atoms with van der Waals surface area (Å²) < 4.78 is 25.8. The van der Waals surface area contributed by atoms with Crippen molar-refractivity contribution in [1.82, 2.24) is 15.0 Å². The Morgan fingerprint density at radius 3 is 2.79 bits per heavy atom. The number of benzene rings is 2. The average Bonchev–Trinajstić information content (AvgIpc) is 3.32. The Kier molecular flexibility index (Phi) is 5.62. The number of nitrogens with zero attached hydrogens (tertiary/aromatic N) is 3. The Labute approximate surface area is 175 Å². The number of carbonyl (C=O) groups excluding carboxylic acids is 1.